The van der Waals surface area contributed by atoms with Crippen LogP contribution in [0.1, 0.15) is 38.9 Å². The zero-order valence-corrected chi connectivity index (χ0v) is 12.4. The molecule has 0 bridgehead atoms. The molecule has 0 aliphatic heterocycles. The van der Waals surface area contributed by atoms with Gasteiger partial charge >= 0.3 is 5.97 Å². The number of hydrogen-bond acceptors (Lipinski definition) is 4. The van der Waals surface area contributed by atoms with Crippen LogP contribution in [0.25, 0.3) is 0 Å². The van der Waals surface area contributed by atoms with Gasteiger partial charge in [-0.2, -0.15) is 0 Å². The van der Waals surface area contributed by atoms with Crippen molar-refractivity contribution in [1.82, 2.24) is 0 Å². The Hall–Kier alpha value is -1.68. The van der Waals surface area contributed by atoms with Crippen LogP contribution in [0.4, 0.5) is 0 Å². The molecular formula is C16H22O4. The average Bonchev–Trinajstić information content (AvgIpc) is 2.42. The lowest BCUT2D eigenvalue weighted by Crippen LogP contribution is -2.31. The van der Waals surface area contributed by atoms with Gasteiger partial charge in [-0.1, -0.05) is 51.1 Å². The van der Waals surface area contributed by atoms with Crippen molar-refractivity contribution in [3.8, 4) is 0 Å². The van der Waals surface area contributed by atoms with Crippen molar-refractivity contribution in [2.45, 2.75) is 33.3 Å². The Morgan fingerprint density at radius 1 is 1.20 bits per heavy atom. The van der Waals surface area contributed by atoms with Gasteiger partial charge in [0.25, 0.3) is 0 Å². The van der Waals surface area contributed by atoms with Crippen LogP contribution in [0.5, 0.6) is 0 Å². The van der Waals surface area contributed by atoms with E-state index in [0.717, 1.165) is 0 Å². The van der Waals surface area contributed by atoms with Crippen molar-refractivity contribution in [3.05, 3.63) is 35.9 Å². The Morgan fingerprint density at radius 3 is 2.20 bits per heavy atom. The standard InChI is InChI=1S/C16H22O4/c1-16(2,3)13(17)10-12(15(19)20-4)14(18)11-8-6-5-7-9-11/h5-9,12,14,18H,10H2,1-4H3/t12-,14-/m0/s1. The number of ketones is 1. The minimum Gasteiger partial charge on any atom is -0.469 e. The van der Waals surface area contributed by atoms with E-state index in [4.69, 9.17) is 4.74 Å². The number of benzene rings is 1. The maximum atomic E-state index is 12.1. The number of aliphatic hydroxyl groups excluding tert-OH is 1. The summed E-state index contributed by atoms with van der Waals surface area (Å²) in [4.78, 5) is 24.0. The normalized spacial score (nSPS) is 14.4. The highest BCUT2D eigenvalue weighted by Crippen LogP contribution is 2.29. The highest BCUT2D eigenvalue weighted by Gasteiger charge is 2.34. The predicted octanol–water partition coefficient (Wildman–Crippen LogP) is 2.51. The first-order valence-electron chi connectivity index (χ1n) is 6.61. The number of methoxy groups -OCH3 is 1. The number of Topliss-reactive ketones (excluding diaryl/α,β-unsaturated/α-hetero) is 1. The van der Waals surface area contributed by atoms with E-state index in [-0.39, 0.29) is 12.2 Å². The molecule has 0 aliphatic carbocycles. The molecule has 0 saturated heterocycles. The third-order valence-corrected chi connectivity index (χ3v) is 3.27. The van der Waals surface area contributed by atoms with Crippen molar-refractivity contribution in [3.63, 3.8) is 0 Å². The molecule has 0 spiro atoms. The molecule has 2 atom stereocenters. The lowest BCUT2D eigenvalue weighted by atomic mass is 9.82. The predicted molar refractivity (Wildman–Crippen MR) is 76.0 cm³/mol. The van der Waals surface area contributed by atoms with E-state index in [1.54, 1.807) is 45.0 Å². The van der Waals surface area contributed by atoms with Crippen LogP contribution >= 0.6 is 0 Å². The lowest BCUT2D eigenvalue weighted by molar-refractivity contribution is -0.152. The summed E-state index contributed by atoms with van der Waals surface area (Å²) in [5.74, 6) is -1.53. The van der Waals surface area contributed by atoms with Crippen LogP contribution in [-0.2, 0) is 14.3 Å². The SMILES string of the molecule is COC(=O)[C@@H](CC(=O)C(C)(C)C)[C@@H](O)c1ccccc1. The molecule has 20 heavy (non-hydrogen) atoms. The minimum atomic E-state index is -1.05. The summed E-state index contributed by atoms with van der Waals surface area (Å²) in [5.41, 5.74) is 0.0486. The second kappa shape index (κ2) is 6.66. The van der Waals surface area contributed by atoms with Crippen molar-refractivity contribution in [2.24, 2.45) is 11.3 Å². The quantitative estimate of drug-likeness (QED) is 0.841. The van der Waals surface area contributed by atoms with E-state index in [1.165, 1.54) is 7.11 Å². The second-order valence-electron chi connectivity index (χ2n) is 5.86. The fraction of sp³-hybridized carbons (Fsp3) is 0.500. The summed E-state index contributed by atoms with van der Waals surface area (Å²) in [7, 11) is 1.26. The Bertz CT molecular complexity index is 459. The Labute approximate surface area is 119 Å². The first-order valence-corrected chi connectivity index (χ1v) is 6.61. The molecule has 0 amide bonds. The van der Waals surface area contributed by atoms with Crippen molar-refractivity contribution >= 4 is 11.8 Å². The number of aliphatic hydroxyl groups is 1. The largest absolute Gasteiger partial charge is 0.469 e. The van der Waals surface area contributed by atoms with Gasteiger partial charge in [-0.05, 0) is 5.56 Å². The summed E-state index contributed by atoms with van der Waals surface area (Å²) >= 11 is 0. The van der Waals surface area contributed by atoms with Crippen LogP contribution in [0.15, 0.2) is 30.3 Å². The van der Waals surface area contributed by atoms with Gasteiger partial charge in [0.2, 0.25) is 0 Å². The molecule has 4 nitrogen and oxygen atoms in total. The molecule has 1 aromatic carbocycles. The molecule has 0 aliphatic rings. The molecule has 4 heteroatoms. The van der Waals surface area contributed by atoms with E-state index in [1.807, 2.05) is 6.07 Å². The highest BCUT2D eigenvalue weighted by atomic mass is 16.5. The molecule has 110 valence electrons. The van der Waals surface area contributed by atoms with Crippen LogP contribution in [0, 0.1) is 11.3 Å². The van der Waals surface area contributed by atoms with Crippen LogP contribution in [-0.4, -0.2) is 24.0 Å². The number of hydrogen-bond donors (Lipinski definition) is 1. The van der Waals surface area contributed by atoms with E-state index in [9.17, 15) is 14.7 Å². The van der Waals surface area contributed by atoms with E-state index in [0.29, 0.717) is 5.56 Å². The van der Waals surface area contributed by atoms with Crippen LogP contribution < -0.4 is 0 Å². The van der Waals surface area contributed by atoms with Crippen molar-refractivity contribution < 1.29 is 19.4 Å². The van der Waals surface area contributed by atoms with Gasteiger partial charge in [0.15, 0.2) is 0 Å². The zero-order valence-electron chi connectivity index (χ0n) is 12.4. The fourth-order valence-electron chi connectivity index (χ4n) is 1.86. The summed E-state index contributed by atoms with van der Waals surface area (Å²) in [5, 5.41) is 10.3. The summed E-state index contributed by atoms with van der Waals surface area (Å²) in [6.07, 6.45) is -1.08. The zero-order chi connectivity index (χ0) is 15.3. The Kier molecular flexibility index (Phi) is 5.45. The average molecular weight is 278 g/mol. The van der Waals surface area contributed by atoms with Gasteiger partial charge in [0.05, 0.1) is 19.1 Å². The molecule has 0 heterocycles. The molecule has 0 fully saturated rings. The first-order chi connectivity index (χ1) is 9.27. The van der Waals surface area contributed by atoms with Gasteiger partial charge in [0, 0.05) is 11.8 Å². The topological polar surface area (TPSA) is 63.6 Å². The third-order valence-electron chi connectivity index (χ3n) is 3.27. The highest BCUT2D eigenvalue weighted by molar-refractivity contribution is 5.88. The van der Waals surface area contributed by atoms with Gasteiger partial charge in [-0.25, -0.2) is 0 Å². The second-order valence-corrected chi connectivity index (χ2v) is 5.86. The monoisotopic (exact) mass is 278 g/mol. The smallest absolute Gasteiger partial charge is 0.312 e. The lowest BCUT2D eigenvalue weighted by Gasteiger charge is -2.24. The maximum absolute atomic E-state index is 12.1. The number of carbonyl (C=O) groups excluding carboxylic acids is 2. The van der Waals surface area contributed by atoms with Gasteiger partial charge in [-0.3, -0.25) is 9.59 Å². The number of rotatable bonds is 5. The third kappa shape index (κ3) is 4.17. The Balaban J connectivity index is 2.96. The van der Waals surface area contributed by atoms with Gasteiger partial charge < -0.3 is 9.84 Å². The van der Waals surface area contributed by atoms with E-state index in [2.05, 4.69) is 0 Å². The number of carbonyl (C=O) groups is 2. The molecule has 0 radical (unpaired) electrons. The van der Waals surface area contributed by atoms with E-state index >= 15 is 0 Å². The van der Waals surface area contributed by atoms with Gasteiger partial charge in [0.1, 0.15) is 5.78 Å². The molecule has 1 N–H and O–H groups in total. The first kappa shape index (κ1) is 16.4. The number of ether oxygens (including phenoxy) is 1. The molecular weight excluding hydrogens is 256 g/mol. The summed E-state index contributed by atoms with van der Waals surface area (Å²) in [6.45, 7) is 5.37. The molecule has 0 unspecified atom stereocenters. The Morgan fingerprint density at radius 2 is 1.75 bits per heavy atom. The van der Waals surface area contributed by atoms with Crippen molar-refractivity contribution in [2.75, 3.05) is 7.11 Å². The molecule has 1 aromatic rings. The van der Waals surface area contributed by atoms with Crippen LogP contribution in [0.3, 0.4) is 0 Å². The summed E-state index contributed by atoms with van der Waals surface area (Å²) in [6, 6.07) is 8.82. The molecule has 0 aromatic heterocycles. The molecule has 0 saturated carbocycles. The fourth-order valence-corrected chi connectivity index (χ4v) is 1.86. The minimum absolute atomic E-state index is 0.0355. The van der Waals surface area contributed by atoms with Crippen molar-refractivity contribution in [1.29, 1.82) is 0 Å². The summed E-state index contributed by atoms with van der Waals surface area (Å²) < 4.78 is 4.72. The van der Waals surface area contributed by atoms with E-state index < -0.39 is 23.4 Å². The number of esters is 1. The maximum Gasteiger partial charge on any atom is 0.312 e. The van der Waals surface area contributed by atoms with Crippen LogP contribution in [0.2, 0.25) is 0 Å². The van der Waals surface area contributed by atoms with Gasteiger partial charge in [-0.15, -0.1) is 0 Å². The molecule has 1 rings (SSSR count).